The van der Waals surface area contributed by atoms with E-state index < -0.39 is 0 Å². The summed E-state index contributed by atoms with van der Waals surface area (Å²) in [6.45, 7) is 5.67. The minimum Gasteiger partial charge on any atom is -0.356 e. The highest BCUT2D eigenvalue weighted by molar-refractivity contribution is 7.98. The highest BCUT2D eigenvalue weighted by atomic mass is 32.2. The summed E-state index contributed by atoms with van der Waals surface area (Å²) < 4.78 is 0. The third-order valence-electron chi connectivity index (χ3n) is 3.56. The molecule has 0 bridgehead atoms. The normalized spacial score (nSPS) is 11.5. The number of carbonyl (C=O) groups excluding carboxylic acids is 1. The molecule has 0 aromatic heterocycles. The SMILES string of the molecule is CN=C(NCCCCSC)NCc1cccc(NC(=O)CC(C)C)c1. The smallest absolute Gasteiger partial charge is 0.224 e. The number of unbranched alkanes of at least 4 members (excludes halogenated alkanes) is 1. The summed E-state index contributed by atoms with van der Waals surface area (Å²) in [6.07, 6.45) is 5.02. The van der Waals surface area contributed by atoms with Gasteiger partial charge in [-0.3, -0.25) is 9.79 Å². The van der Waals surface area contributed by atoms with Crippen LogP contribution >= 0.6 is 11.8 Å². The lowest BCUT2D eigenvalue weighted by Crippen LogP contribution is -2.37. The number of rotatable bonds is 10. The molecule has 0 heterocycles. The number of aliphatic imine (C=N–C) groups is 1. The quantitative estimate of drug-likeness (QED) is 0.338. The van der Waals surface area contributed by atoms with Crippen molar-refractivity contribution in [1.29, 1.82) is 0 Å². The van der Waals surface area contributed by atoms with Gasteiger partial charge in [0.25, 0.3) is 0 Å². The van der Waals surface area contributed by atoms with E-state index in [0.29, 0.717) is 18.9 Å². The van der Waals surface area contributed by atoms with E-state index in [0.717, 1.165) is 30.2 Å². The number of guanidine groups is 1. The number of amides is 1. The highest BCUT2D eigenvalue weighted by Crippen LogP contribution is 2.12. The van der Waals surface area contributed by atoms with Crippen LogP contribution in [-0.2, 0) is 11.3 Å². The highest BCUT2D eigenvalue weighted by Gasteiger charge is 2.06. The first-order valence-corrected chi connectivity index (χ1v) is 10.3. The Morgan fingerprint density at radius 2 is 2.04 bits per heavy atom. The van der Waals surface area contributed by atoms with Gasteiger partial charge in [-0.2, -0.15) is 11.8 Å². The minimum atomic E-state index is 0.0582. The second-order valence-corrected chi connectivity index (χ2v) is 7.38. The zero-order valence-electron chi connectivity index (χ0n) is 15.9. The van der Waals surface area contributed by atoms with E-state index in [9.17, 15) is 4.79 Å². The van der Waals surface area contributed by atoms with Crippen LogP contribution in [0.5, 0.6) is 0 Å². The minimum absolute atomic E-state index is 0.0582. The van der Waals surface area contributed by atoms with Gasteiger partial charge in [0.2, 0.25) is 5.91 Å². The van der Waals surface area contributed by atoms with Crippen molar-refractivity contribution in [2.45, 2.75) is 39.7 Å². The first-order valence-electron chi connectivity index (χ1n) is 8.87. The molecule has 140 valence electrons. The van der Waals surface area contributed by atoms with E-state index in [1.165, 1.54) is 12.2 Å². The van der Waals surface area contributed by atoms with Gasteiger partial charge in [0.15, 0.2) is 5.96 Å². The van der Waals surface area contributed by atoms with E-state index in [-0.39, 0.29) is 5.91 Å². The largest absolute Gasteiger partial charge is 0.356 e. The molecule has 25 heavy (non-hydrogen) atoms. The summed E-state index contributed by atoms with van der Waals surface area (Å²) in [5.74, 6) is 2.42. The fraction of sp³-hybridized carbons (Fsp3) is 0.579. The van der Waals surface area contributed by atoms with Crippen LogP contribution in [0, 0.1) is 5.92 Å². The molecule has 0 saturated carbocycles. The Labute approximate surface area is 156 Å². The lowest BCUT2D eigenvalue weighted by molar-refractivity contribution is -0.116. The Hall–Kier alpha value is -1.69. The van der Waals surface area contributed by atoms with Crippen LogP contribution in [0.4, 0.5) is 5.69 Å². The van der Waals surface area contributed by atoms with Gasteiger partial charge in [-0.1, -0.05) is 26.0 Å². The molecule has 1 aromatic rings. The molecule has 0 spiro atoms. The van der Waals surface area contributed by atoms with Crippen molar-refractivity contribution < 1.29 is 4.79 Å². The Morgan fingerprint density at radius 3 is 2.72 bits per heavy atom. The molecule has 3 N–H and O–H groups in total. The number of hydrogen-bond acceptors (Lipinski definition) is 3. The Balaban J connectivity index is 2.42. The monoisotopic (exact) mass is 364 g/mol. The molecule has 0 radical (unpaired) electrons. The predicted molar refractivity (Wildman–Crippen MR) is 110 cm³/mol. The van der Waals surface area contributed by atoms with Crippen LogP contribution in [-0.4, -0.2) is 37.5 Å². The van der Waals surface area contributed by atoms with Crippen LogP contribution in [0.15, 0.2) is 29.3 Å². The number of thioether (sulfide) groups is 1. The first-order chi connectivity index (χ1) is 12.0. The van der Waals surface area contributed by atoms with Crippen molar-refractivity contribution in [3.63, 3.8) is 0 Å². The molecule has 0 unspecified atom stereocenters. The Bertz CT molecular complexity index is 546. The number of anilines is 1. The summed E-state index contributed by atoms with van der Waals surface area (Å²) in [5.41, 5.74) is 1.94. The van der Waals surface area contributed by atoms with E-state index in [1.807, 2.05) is 49.9 Å². The van der Waals surface area contributed by atoms with E-state index in [2.05, 4.69) is 27.2 Å². The number of hydrogen-bond donors (Lipinski definition) is 3. The number of nitrogens with zero attached hydrogens (tertiary/aromatic N) is 1. The van der Waals surface area contributed by atoms with Crippen molar-refractivity contribution in [2.75, 3.05) is 30.9 Å². The van der Waals surface area contributed by atoms with Crippen molar-refractivity contribution in [3.8, 4) is 0 Å². The molecule has 0 atom stereocenters. The summed E-state index contributed by atoms with van der Waals surface area (Å²) >= 11 is 1.88. The van der Waals surface area contributed by atoms with Crippen LogP contribution in [0.1, 0.15) is 38.7 Å². The fourth-order valence-electron chi connectivity index (χ4n) is 2.33. The van der Waals surface area contributed by atoms with Crippen molar-refractivity contribution in [2.24, 2.45) is 10.9 Å². The lowest BCUT2D eigenvalue weighted by Gasteiger charge is -2.13. The number of benzene rings is 1. The molecular formula is C19H32N4OS. The van der Waals surface area contributed by atoms with Crippen molar-refractivity contribution in [1.82, 2.24) is 10.6 Å². The van der Waals surface area contributed by atoms with Gasteiger partial charge in [0, 0.05) is 32.2 Å². The van der Waals surface area contributed by atoms with Gasteiger partial charge in [-0.05, 0) is 48.5 Å². The lowest BCUT2D eigenvalue weighted by atomic mass is 10.1. The zero-order chi connectivity index (χ0) is 18.5. The predicted octanol–water partition coefficient (Wildman–Crippen LogP) is 3.48. The van der Waals surface area contributed by atoms with Crippen LogP contribution < -0.4 is 16.0 Å². The Morgan fingerprint density at radius 1 is 1.24 bits per heavy atom. The molecule has 0 aliphatic heterocycles. The Kier molecular flexibility index (Phi) is 10.8. The summed E-state index contributed by atoms with van der Waals surface area (Å²) in [4.78, 5) is 16.1. The molecule has 1 rings (SSSR count). The second-order valence-electron chi connectivity index (χ2n) is 6.40. The molecule has 1 amide bonds. The average molecular weight is 365 g/mol. The van der Waals surface area contributed by atoms with Gasteiger partial charge in [-0.25, -0.2) is 0 Å². The number of nitrogens with one attached hydrogen (secondary N) is 3. The first kappa shape index (κ1) is 21.4. The average Bonchev–Trinajstić information content (AvgIpc) is 2.57. The molecule has 0 fully saturated rings. The van der Waals surface area contributed by atoms with Gasteiger partial charge in [0.1, 0.15) is 0 Å². The van der Waals surface area contributed by atoms with Gasteiger partial charge in [-0.15, -0.1) is 0 Å². The maximum absolute atomic E-state index is 11.9. The number of carbonyl (C=O) groups is 1. The molecule has 0 aliphatic rings. The molecule has 1 aromatic carbocycles. The molecular weight excluding hydrogens is 332 g/mol. The maximum atomic E-state index is 11.9. The van der Waals surface area contributed by atoms with Crippen molar-refractivity contribution in [3.05, 3.63) is 29.8 Å². The second kappa shape index (κ2) is 12.6. The van der Waals surface area contributed by atoms with Gasteiger partial charge < -0.3 is 16.0 Å². The van der Waals surface area contributed by atoms with Crippen molar-refractivity contribution >= 4 is 29.3 Å². The maximum Gasteiger partial charge on any atom is 0.224 e. The standard InChI is InChI=1S/C19H32N4OS/c1-15(2)12-18(24)23-17-9-7-8-16(13-17)14-22-19(20-3)21-10-5-6-11-25-4/h7-9,13,15H,5-6,10-12,14H2,1-4H3,(H,23,24)(H2,20,21,22). The molecule has 0 aliphatic carbocycles. The van der Waals surface area contributed by atoms with E-state index in [1.54, 1.807) is 7.05 Å². The van der Waals surface area contributed by atoms with E-state index in [4.69, 9.17) is 0 Å². The fourth-order valence-corrected chi connectivity index (χ4v) is 2.82. The van der Waals surface area contributed by atoms with Gasteiger partial charge >= 0.3 is 0 Å². The topological polar surface area (TPSA) is 65.5 Å². The van der Waals surface area contributed by atoms with Crippen LogP contribution in [0.3, 0.4) is 0 Å². The van der Waals surface area contributed by atoms with E-state index >= 15 is 0 Å². The molecule has 0 saturated heterocycles. The van der Waals surface area contributed by atoms with Crippen LogP contribution in [0.2, 0.25) is 0 Å². The molecule has 6 heteroatoms. The van der Waals surface area contributed by atoms with Crippen LogP contribution in [0.25, 0.3) is 0 Å². The third kappa shape index (κ3) is 10.0. The van der Waals surface area contributed by atoms with Gasteiger partial charge in [0.05, 0.1) is 0 Å². The third-order valence-corrected chi connectivity index (χ3v) is 4.25. The molecule has 5 nitrogen and oxygen atoms in total. The summed E-state index contributed by atoms with van der Waals surface area (Å²) in [7, 11) is 1.78. The summed E-state index contributed by atoms with van der Waals surface area (Å²) in [5, 5.41) is 9.59. The zero-order valence-corrected chi connectivity index (χ0v) is 16.7. The summed E-state index contributed by atoms with van der Waals surface area (Å²) in [6, 6.07) is 7.91.